The van der Waals surface area contributed by atoms with Gasteiger partial charge in [0, 0.05) is 25.1 Å². The fraction of sp³-hybridized carbons (Fsp3) is 0.529. The van der Waals surface area contributed by atoms with Crippen molar-refractivity contribution in [3.63, 3.8) is 0 Å². The van der Waals surface area contributed by atoms with E-state index in [-0.39, 0.29) is 12.7 Å². The van der Waals surface area contributed by atoms with E-state index in [0.717, 1.165) is 33.1 Å². The van der Waals surface area contributed by atoms with Gasteiger partial charge < -0.3 is 14.0 Å². The molecule has 4 rings (SSSR count). The minimum atomic E-state index is 0.00528. The molecule has 1 aromatic heterocycles. The van der Waals surface area contributed by atoms with E-state index in [0.29, 0.717) is 12.3 Å². The predicted molar refractivity (Wildman–Crippen MR) is 88.8 cm³/mol. The van der Waals surface area contributed by atoms with Gasteiger partial charge in [-0.3, -0.25) is 4.79 Å². The molecule has 5 nitrogen and oxygen atoms in total. The Bertz CT molecular complexity index is 815. The molecule has 1 aliphatic carbocycles. The normalized spacial score (nSPS) is 18.2. The second-order valence-corrected chi connectivity index (χ2v) is 7.17. The highest BCUT2D eigenvalue weighted by Gasteiger charge is 2.20. The van der Waals surface area contributed by atoms with Gasteiger partial charge in [0.25, 0.3) is 0 Å². The maximum absolute atomic E-state index is 12.3. The molecule has 1 saturated carbocycles. The van der Waals surface area contributed by atoms with E-state index in [1.807, 2.05) is 12.1 Å². The second-order valence-electron chi connectivity index (χ2n) is 6.16. The summed E-state index contributed by atoms with van der Waals surface area (Å²) in [5, 5.41) is 0. The van der Waals surface area contributed by atoms with Crippen molar-refractivity contribution in [2.45, 2.75) is 45.6 Å². The fourth-order valence-electron chi connectivity index (χ4n) is 3.46. The van der Waals surface area contributed by atoms with E-state index in [4.69, 9.17) is 9.47 Å². The molecule has 0 bridgehead atoms. The van der Waals surface area contributed by atoms with Gasteiger partial charge in [0.05, 0.1) is 10.2 Å². The Balaban J connectivity index is 1.71. The Morgan fingerprint density at radius 3 is 2.78 bits per heavy atom. The molecule has 1 aromatic carbocycles. The van der Waals surface area contributed by atoms with Crippen LogP contribution in [0.25, 0.3) is 10.2 Å². The van der Waals surface area contributed by atoms with Crippen LogP contribution in [0, 0.1) is 5.92 Å². The number of ether oxygens (including phenoxy) is 2. The van der Waals surface area contributed by atoms with Crippen LogP contribution in [0.15, 0.2) is 17.1 Å². The molecule has 1 amide bonds. The van der Waals surface area contributed by atoms with Gasteiger partial charge in [-0.2, -0.15) is 4.99 Å². The molecule has 122 valence electrons. The third kappa shape index (κ3) is 2.76. The topological polar surface area (TPSA) is 52.8 Å². The van der Waals surface area contributed by atoms with Crippen LogP contribution in [-0.4, -0.2) is 17.3 Å². The number of rotatable bonds is 3. The number of amides is 1. The summed E-state index contributed by atoms with van der Waals surface area (Å²) in [5.41, 5.74) is 1.05. The number of aromatic nitrogens is 1. The van der Waals surface area contributed by atoms with Gasteiger partial charge in [-0.05, 0) is 25.7 Å². The van der Waals surface area contributed by atoms with Crippen LogP contribution in [0.5, 0.6) is 11.5 Å². The number of aryl methyl sites for hydroxylation is 1. The van der Waals surface area contributed by atoms with Crippen LogP contribution >= 0.6 is 11.3 Å². The number of nitrogens with zero attached hydrogens (tertiary/aromatic N) is 2. The lowest BCUT2D eigenvalue weighted by Crippen LogP contribution is -2.16. The number of carbonyl (C=O) groups excluding carboxylic acids is 1. The summed E-state index contributed by atoms with van der Waals surface area (Å²) in [7, 11) is 0. The lowest BCUT2D eigenvalue weighted by molar-refractivity contribution is -0.118. The highest BCUT2D eigenvalue weighted by Crippen LogP contribution is 2.37. The number of fused-ring (bicyclic) bond motifs is 2. The van der Waals surface area contributed by atoms with Gasteiger partial charge >= 0.3 is 0 Å². The summed E-state index contributed by atoms with van der Waals surface area (Å²) in [6.07, 6.45) is 5.43. The quantitative estimate of drug-likeness (QED) is 0.865. The molecule has 1 aliphatic heterocycles. The number of hydrogen-bond acceptors (Lipinski definition) is 4. The number of carbonyl (C=O) groups is 1. The van der Waals surface area contributed by atoms with Crippen LogP contribution < -0.4 is 14.3 Å². The largest absolute Gasteiger partial charge is 0.454 e. The van der Waals surface area contributed by atoms with Crippen LogP contribution in [0.4, 0.5) is 0 Å². The standard InChI is InChI=1S/C17H20N2O3S/c1-2-19-12-8-13-14(22-10-21-13)9-15(12)23-17(19)18-16(20)7-11-5-3-4-6-11/h8-9,11H,2-7,10H2,1H3. The second kappa shape index (κ2) is 6.00. The molecule has 0 atom stereocenters. The van der Waals surface area contributed by atoms with Crippen molar-refractivity contribution in [1.29, 1.82) is 0 Å². The number of hydrogen-bond donors (Lipinski definition) is 0. The molecule has 0 unspecified atom stereocenters. The zero-order chi connectivity index (χ0) is 15.8. The smallest absolute Gasteiger partial charge is 0.248 e. The Labute approximate surface area is 138 Å². The van der Waals surface area contributed by atoms with Gasteiger partial charge in [0.15, 0.2) is 16.3 Å². The van der Waals surface area contributed by atoms with Crippen molar-refractivity contribution in [2.24, 2.45) is 10.9 Å². The highest BCUT2D eigenvalue weighted by atomic mass is 32.1. The Hall–Kier alpha value is -1.82. The molecular weight excluding hydrogens is 312 g/mol. The van der Waals surface area contributed by atoms with Crippen molar-refractivity contribution in [3.05, 3.63) is 16.9 Å². The molecule has 2 heterocycles. The summed E-state index contributed by atoms with van der Waals surface area (Å²) >= 11 is 1.54. The first kappa shape index (κ1) is 14.8. The molecule has 0 spiro atoms. The molecule has 0 radical (unpaired) electrons. The summed E-state index contributed by atoms with van der Waals surface area (Å²) in [5.74, 6) is 2.07. The zero-order valence-electron chi connectivity index (χ0n) is 13.2. The zero-order valence-corrected chi connectivity index (χ0v) is 14.0. The molecule has 0 saturated heterocycles. The lowest BCUT2D eigenvalue weighted by atomic mass is 10.0. The van der Waals surface area contributed by atoms with Crippen LogP contribution in [0.1, 0.15) is 39.0 Å². The minimum Gasteiger partial charge on any atom is -0.454 e. The van der Waals surface area contributed by atoms with Gasteiger partial charge in [-0.15, -0.1) is 0 Å². The first-order valence-corrected chi connectivity index (χ1v) is 9.07. The summed E-state index contributed by atoms with van der Waals surface area (Å²) < 4.78 is 14.0. The monoisotopic (exact) mass is 332 g/mol. The van der Waals surface area contributed by atoms with Gasteiger partial charge in [0.2, 0.25) is 12.7 Å². The maximum Gasteiger partial charge on any atom is 0.248 e. The van der Waals surface area contributed by atoms with Gasteiger partial charge in [0.1, 0.15) is 0 Å². The highest BCUT2D eigenvalue weighted by molar-refractivity contribution is 7.16. The molecule has 23 heavy (non-hydrogen) atoms. The lowest BCUT2D eigenvalue weighted by Gasteiger charge is -2.04. The summed E-state index contributed by atoms with van der Waals surface area (Å²) in [4.78, 5) is 17.5. The minimum absolute atomic E-state index is 0.00528. The average molecular weight is 332 g/mol. The van der Waals surface area contributed by atoms with Crippen molar-refractivity contribution in [1.82, 2.24) is 4.57 Å². The SMILES string of the molecule is CCn1c(=NC(=O)CC2CCCC2)sc2cc3c(cc21)OCO3. The molecule has 2 aromatic rings. The third-order valence-corrected chi connectivity index (χ3v) is 5.69. The van der Waals surface area contributed by atoms with Crippen molar-refractivity contribution in [3.8, 4) is 11.5 Å². The first-order valence-electron chi connectivity index (χ1n) is 8.25. The molecule has 1 fully saturated rings. The van der Waals surface area contributed by atoms with Crippen molar-refractivity contribution >= 4 is 27.5 Å². The number of benzene rings is 1. The van der Waals surface area contributed by atoms with Gasteiger partial charge in [-0.1, -0.05) is 24.2 Å². The van der Waals surface area contributed by atoms with Crippen LogP contribution in [-0.2, 0) is 11.3 Å². The van der Waals surface area contributed by atoms with E-state index in [9.17, 15) is 4.79 Å². The van der Waals surface area contributed by atoms with Crippen LogP contribution in [0.2, 0.25) is 0 Å². The number of thiazole rings is 1. The van der Waals surface area contributed by atoms with E-state index >= 15 is 0 Å². The van der Waals surface area contributed by atoms with Crippen molar-refractivity contribution in [2.75, 3.05) is 6.79 Å². The maximum atomic E-state index is 12.3. The molecule has 0 N–H and O–H groups in total. The first-order chi connectivity index (χ1) is 11.2. The Morgan fingerprint density at radius 2 is 2.04 bits per heavy atom. The molecule has 2 aliphatic rings. The summed E-state index contributed by atoms with van der Waals surface area (Å²) in [6.45, 7) is 3.11. The fourth-order valence-corrected chi connectivity index (χ4v) is 4.59. The summed E-state index contributed by atoms with van der Waals surface area (Å²) in [6, 6.07) is 3.97. The Morgan fingerprint density at radius 1 is 1.30 bits per heavy atom. The van der Waals surface area contributed by atoms with E-state index in [1.165, 1.54) is 25.7 Å². The van der Waals surface area contributed by atoms with Crippen LogP contribution in [0.3, 0.4) is 0 Å². The van der Waals surface area contributed by atoms with E-state index in [2.05, 4.69) is 16.5 Å². The molecular formula is C17H20N2O3S. The third-order valence-electron chi connectivity index (χ3n) is 4.65. The van der Waals surface area contributed by atoms with Gasteiger partial charge in [-0.25, -0.2) is 0 Å². The average Bonchev–Trinajstić information content (AvgIpc) is 3.23. The van der Waals surface area contributed by atoms with E-state index in [1.54, 1.807) is 11.3 Å². The van der Waals surface area contributed by atoms with Crippen molar-refractivity contribution < 1.29 is 14.3 Å². The van der Waals surface area contributed by atoms with E-state index < -0.39 is 0 Å². The predicted octanol–water partition coefficient (Wildman–Crippen LogP) is 3.46. The molecule has 6 heteroatoms. The Kier molecular flexibility index (Phi) is 3.85.